The van der Waals surface area contributed by atoms with E-state index in [0.717, 1.165) is 16.7 Å². The third-order valence-electron chi connectivity index (χ3n) is 3.26. The highest BCUT2D eigenvalue weighted by Crippen LogP contribution is 2.38. The van der Waals surface area contributed by atoms with Gasteiger partial charge in [-0.3, -0.25) is 0 Å². The van der Waals surface area contributed by atoms with Gasteiger partial charge >= 0.3 is 5.97 Å². The van der Waals surface area contributed by atoms with Crippen LogP contribution in [-0.2, 0) is 4.74 Å². The highest BCUT2D eigenvalue weighted by molar-refractivity contribution is 6.01. The first-order valence-corrected chi connectivity index (χ1v) is 6.07. The molecule has 0 radical (unpaired) electrons. The van der Waals surface area contributed by atoms with E-state index in [1.165, 1.54) is 0 Å². The molecule has 1 aliphatic rings. The maximum absolute atomic E-state index is 12.0. The quantitative estimate of drug-likeness (QED) is 0.765. The van der Waals surface area contributed by atoms with E-state index in [9.17, 15) is 4.79 Å². The predicted molar refractivity (Wildman–Crippen MR) is 70.3 cm³/mol. The Bertz CT molecular complexity index is 671. The molecular formula is C16H11NO2. The Morgan fingerprint density at radius 1 is 1.11 bits per heavy atom. The van der Waals surface area contributed by atoms with Crippen molar-refractivity contribution in [3.63, 3.8) is 0 Å². The second-order valence-corrected chi connectivity index (χ2v) is 4.39. The van der Waals surface area contributed by atoms with E-state index >= 15 is 0 Å². The summed E-state index contributed by atoms with van der Waals surface area (Å²) in [6, 6.07) is 17.4. The van der Waals surface area contributed by atoms with Crippen molar-refractivity contribution in [2.75, 3.05) is 0 Å². The molecular weight excluding hydrogens is 238 g/mol. The Morgan fingerprint density at radius 3 is 2.63 bits per heavy atom. The summed E-state index contributed by atoms with van der Waals surface area (Å²) >= 11 is 0. The van der Waals surface area contributed by atoms with Crippen molar-refractivity contribution in [3.05, 3.63) is 59.7 Å². The van der Waals surface area contributed by atoms with E-state index in [1.54, 1.807) is 0 Å². The monoisotopic (exact) mass is 249 g/mol. The van der Waals surface area contributed by atoms with E-state index < -0.39 is 6.10 Å². The third kappa shape index (κ3) is 1.88. The summed E-state index contributed by atoms with van der Waals surface area (Å²) in [5.74, 6) is -0.338. The molecule has 0 aliphatic carbocycles. The van der Waals surface area contributed by atoms with Crippen LogP contribution in [0.1, 0.15) is 28.4 Å². The average molecular weight is 249 g/mol. The predicted octanol–water partition coefficient (Wildman–Crippen LogP) is 3.48. The van der Waals surface area contributed by atoms with Crippen LogP contribution in [0.15, 0.2) is 48.5 Å². The maximum atomic E-state index is 12.0. The number of nitrogens with zero attached hydrogens (tertiary/aromatic N) is 1. The van der Waals surface area contributed by atoms with Crippen LogP contribution in [0.3, 0.4) is 0 Å². The summed E-state index contributed by atoms with van der Waals surface area (Å²) in [7, 11) is 0. The Balaban J connectivity index is 2.16. The summed E-state index contributed by atoms with van der Waals surface area (Å²) in [5, 5.41) is 8.78. The van der Waals surface area contributed by atoms with Gasteiger partial charge in [-0.05, 0) is 11.1 Å². The van der Waals surface area contributed by atoms with Crippen molar-refractivity contribution in [2.45, 2.75) is 12.5 Å². The maximum Gasteiger partial charge on any atom is 0.339 e. The van der Waals surface area contributed by atoms with Crippen molar-refractivity contribution in [1.82, 2.24) is 0 Å². The van der Waals surface area contributed by atoms with Gasteiger partial charge in [-0.2, -0.15) is 5.26 Å². The SMILES string of the molecule is N#CCC1OC(=O)c2c(-c3ccccc3)cccc21. The number of carbonyl (C=O) groups is 1. The van der Waals surface area contributed by atoms with Crippen molar-refractivity contribution in [1.29, 1.82) is 5.26 Å². The molecule has 1 heterocycles. The number of carbonyl (C=O) groups excluding carboxylic acids is 1. The number of esters is 1. The molecule has 2 aromatic carbocycles. The van der Waals surface area contributed by atoms with Crippen LogP contribution < -0.4 is 0 Å². The fourth-order valence-electron chi connectivity index (χ4n) is 2.41. The van der Waals surface area contributed by atoms with Gasteiger partial charge < -0.3 is 4.74 Å². The van der Waals surface area contributed by atoms with Gasteiger partial charge in [-0.15, -0.1) is 0 Å². The summed E-state index contributed by atoms with van der Waals surface area (Å²) in [6.07, 6.45) is -0.243. The standard InChI is InChI=1S/C16H11NO2/c17-10-9-14-13-8-4-7-12(15(13)16(18)19-14)11-5-2-1-3-6-11/h1-8,14H,9H2. The largest absolute Gasteiger partial charge is 0.453 e. The summed E-state index contributed by atoms with van der Waals surface area (Å²) in [4.78, 5) is 12.0. The number of nitriles is 1. The molecule has 92 valence electrons. The van der Waals surface area contributed by atoms with E-state index in [4.69, 9.17) is 10.00 Å². The molecule has 1 aliphatic heterocycles. The van der Waals surface area contributed by atoms with Crippen molar-refractivity contribution in [3.8, 4) is 17.2 Å². The summed E-state index contributed by atoms with van der Waals surface area (Å²) in [5.41, 5.74) is 3.25. The lowest BCUT2D eigenvalue weighted by molar-refractivity contribution is 0.0396. The van der Waals surface area contributed by atoms with Crippen molar-refractivity contribution >= 4 is 5.97 Å². The summed E-state index contributed by atoms with van der Waals surface area (Å²) < 4.78 is 5.27. The van der Waals surface area contributed by atoms with Gasteiger partial charge in [0.15, 0.2) is 0 Å². The number of ether oxygens (including phenoxy) is 1. The first-order chi connectivity index (χ1) is 9.31. The number of hydrogen-bond donors (Lipinski definition) is 0. The molecule has 3 rings (SSSR count). The Hall–Kier alpha value is -2.60. The number of fused-ring (bicyclic) bond motifs is 1. The van der Waals surface area contributed by atoms with Gasteiger partial charge in [0.05, 0.1) is 18.1 Å². The van der Waals surface area contributed by atoms with Crippen LogP contribution in [0, 0.1) is 11.3 Å². The second-order valence-electron chi connectivity index (χ2n) is 4.39. The molecule has 0 saturated heterocycles. The molecule has 3 heteroatoms. The van der Waals surface area contributed by atoms with E-state index in [-0.39, 0.29) is 12.4 Å². The van der Waals surface area contributed by atoms with E-state index in [0.29, 0.717) is 5.56 Å². The van der Waals surface area contributed by atoms with Crippen molar-refractivity contribution in [2.24, 2.45) is 0 Å². The molecule has 0 spiro atoms. The number of benzene rings is 2. The minimum Gasteiger partial charge on any atom is -0.453 e. The molecule has 0 saturated carbocycles. The van der Waals surface area contributed by atoms with Gasteiger partial charge in [0.2, 0.25) is 0 Å². The lowest BCUT2D eigenvalue weighted by Gasteiger charge is -2.07. The fraction of sp³-hybridized carbons (Fsp3) is 0.125. The summed E-state index contributed by atoms with van der Waals surface area (Å²) in [6.45, 7) is 0. The molecule has 0 fully saturated rings. The minimum atomic E-state index is -0.434. The highest BCUT2D eigenvalue weighted by Gasteiger charge is 2.33. The molecule has 2 aromatic rings. The lowest BCUT2D eigenvalue weighted by atomic mass is 9.94. The third-order valence-corrected chi connectivity index (χ3v) is 3.26. The Labute approximate surface area is 111 Å². The molecule has 1 unspecified atom stereocenters. The number of rotatable bonds is 2. The van der Waals surface area contributed by atoms with Crippen LogP contribution in [0.25, 0.3) is 11.1 Å². The Morgan fingerprint density at radius 2 is 1.89 bits per heavy atom. The van der Waals surface area contributed by atoms with Gasteiger partial charge in [-0.1, -0.05) is 48.5 Å². The number of hydrogen-bond acceptors (Lipinski definition) is 3. The fourth-order valence-corrected chi connectivity index (χ4v) is 2.41. The topological polar surface area (TPSA) is 50.1 Å². The Kier molecular flexibility index (Phi) is 2.77. The zero-order valence-electron chi connectivity index (χ0n) is 10.2. The van der Waals surface area contributed by atoms with Gasteiger partial charge in [0.25, 0.3) is 0 Å². The van der Waals surface area contributed by atoms with Gasteiger partial charge in [0.1, 0.15) is 6.10 Å². The van der Waals surface area contributed by atoms with Crippen LogP contribution in [0.4, 0.5) is 0 Å². The highest BCUT2D eigenvalue weighted by atomic mass is 16.5. The average Bonchev–Trinajstić information content (AvgIpc) is 2.77. The minimum absolute atomic E-state index is 0.191. The number of cyclic esters (lactones) is 1. The first-order valence-electron chi connectivity index (χ1n) is 6.07. The molecule has 19 heavy (non-hydrogen) atoms. The molecule has 3 nitrogen and oxygen atoms in total. The normalized spacial score (nSPS) is 16.6. The molecule has 0 amide bonds. The van der Waals surface area contributed by atoms with Crippen LogP contribution >= 0.6 is 0 Å². The zero-order valence-corrected chi connectivity index (χ0v) is 10.2. The van der Waals surface area contributed by atoms with E-state index in [1.807, 2.05) is 48.5 Å². The van der Waals surface area contributed by atoms with Crippen molar-refractivity contribution < 1.29 is 9.53 Å². The lowest BCUT2D eigenvalue weighted by Crippen LogP contribution is -1.98. The molecule has 0 N–H and O–H groups in total. The molecule has 0 bridgehead atoms. The van der Waals surface area contributed by atoms with Crippen LogP contribution in [0.5, 0.6) is 0 Å². The smallest absolute Gasteiger partial charge is 0.339 e. The van der Waals surface area contributed by atoms with Crippen LogP contribution in [0.2, 0.25) is 0 Å². The van der Waals surface area contributed by atoms with Gasteiger partial charge in [-0.25, -0.2) is 4.79 Å². The second kappa shape index (κ2) is 4.58. The van der Waals surface area contributed by atoms with Gasteiger partial charge in [0, 0.05) is 5.56 Å². The van der Waals surface area contributed by atoms with E-state index in [2.05, 4.69) is 6.07 Å². The zero-order chi connectivity index (χ0) is 13.2. The molecule has 0 aromatic heterocycles. The first kappa shape index (κ1) is 11.5. The molecule has 1 atom stereocenters. The van der Waals surface area contributed by atoms with Crippen LogP contribution in [-0.4, -0.2) is 5.97 Å².